The monoisotopic (exact) mass is 285 g/mol. The molecule has 0 radical (unpaired) electrons. The number of hydrogen-bond donors (Lipinski definition) is 1. The molecular formula is C13H14F3N3O. The molecule has 0 aromatic carbocycles. The zero-order chi connectivity index (χ0) is 15.2. The molecule has 0 aliphatic heterocycles. The number of carbonyl (C=O) groups excluding carboxylic acids is 1. The maximum absolute atomic E-state index is 12.4. The van der Waals surface area contributed by atoms with Gasteiger partial charge in [-0.2, -0.15) is 13.2 Å². The van der Waals surface area contributed by atoms with Crippen molar-refractivity contribution in [1.29, 1.82) is 0 Å². The number of halogens is 3. The molecule has 0 saturated heterocycles. The van der Waals surface area contributed by atoms with Crippen molar-refractivity contribution in [1.82, 2.24) is 9.88 Å². The number of aromatic nitrogens is 1. The van der Waals surface area contributed by atoms with Crippen molar-refractivity contribution in [3.63, 3.8) is 0 Å². The van der Waals surface area contributed by atoms with Crippen LogP contribution in [0.15, 0.2) is 18.5 Å². The van der Waals surface area contributed by atoms with E-state index in [1.807, 2.05) is 0 Å². The van der Waals surface area contributed by atoms with Crippen LogP contribution in [0.2, 0.25) is 0 Å². The topological polar surface area (TPSA) is 59.2 Å². The molecule has 1 aromatic heterocycles. The van der Waals surface area contributed by atoms with Crippen LogP contribution < -0.4 is 5.73 Å². The van der Waals surface area contributed by atoms with Crippen molar-refractivity contribution in [3.05, 3.63) is 29.6 Å². The van der Waals surface area contributed by atoms with Crippen molar-refractivity contribution < 1.29 is 18.0 Å². The molecule has 0 aliphatic rings. The summed E-state index contributed by atoms with van der Waals surface area (Å²) in [6.45, 7) is 0.220. The maximum atomic E-state index is 12.4. The number of hydrogen-bond acceptors (Lipinski definition) is 3. The molecule has 0 atom stereocenters. The molecule has 1 heterocycles. The predicted octanol–water partition coefficient (Wildman–Crippen LogP) is 1.42. The van der Waals surface area contributed by atoms with Crippen LogP contribution in [-0.2, 0) is 0 Å². The second-order valence-electron chi connectivity index (χ2n) is 3.86. The second kappa shape index (κ2) is 6.91. The fourth-order valence-electron chi connectivity index (χ4n) is 1.54. The Bertz CT molecular complexity index is 532. The summed E-state index contributed by atoms with van der Waals surface area (Å²) in [5.41, 5.74) is 5.59. The highest BCUT2D eigenvalue weighted by atomic mass is 19.4. The molecule has 0 fully saturated rings. The molecular weight excluding hydrogens is 271 g/mol. The van der Waals surface area contributed by atoms with Gasteiger partial charge < -0.3 is 10.6 Å². The van der Waals surface area contributed by atoms with Crippen molar-refractivity contribution in [2.45, 2.75) is 13.1 Å². The molecule has 0 bridgehead atoms. The third-order valence-corrected chi connectivity index (χ3v) is 2.42. The number of nitrogens with zero attached hydrogens (tertiary/aromatic N) is 2. The highest BCUT2D eigenvalue weighted by Crippen LogP contribution is 2.18. The summed E-state index contributed by atoms with van der Waals surface area (Å²) in [5, 5.41) is 0. The zero-order valence-corrected chi connectivity index (χ0v) is 10.9. The number of carbonyl (C=O) groups is 1. The van der Waals surface area contributed by atoms with E-state index in [2.05, 4.69) is 16.8 Å². The van der Waals surface area contributed by atoms with E-state index in [0.29, 0.717) is 4.90 Å². The van der Waals surface area contributed by atoms with Crippen LogP contribution in [0, 0.1) is 11.8 Å². The summed E-state index contributed by atoms with van der Waals surface area (Å²) < 4.78 is 37.3. The summed E-state index contributed by atoms with van der Waals surface area (Å²) in [5.74, 6) is 4.45. The fourth-order valence-corrected chi connectivity index (χ4v) is 1.54. The van der Waals surface area contributed by atoms with E-state index in [-0.39, 0.29) is 24.2 Å². The Balaban J connectivity index is 3.07. The first kappa shape index (κ1) is 16.0. The first-order valence-corrected chi connectivity index (χ1v) is 5.88. The Morgan fingerprint density at radius 1 is 1.50 bits per heavy atom. The molecule has 0 spiro atoms. The lowest BCUT2D eigenvalue weighted by molar-refractivity contribution is -0.140. The Kier molecular flexibility index (Phi) is 5.53. The molecule has 0 saturated carbocycles. The van der Waals surface area contributed by atoms with Gasteiger partial charge in [-0.15, -0.1) is 0 Å². The summed E-state index contributed by atoms with van der Waals surface area (Å²) in [6, 6.07) is 1.35. The molecule has 1 rings (SSSR count). The van der Waals surface area contributed by atoms with Gasteiger partial charge >= 0.3 is 6.18 Å². The lowest BCUT2D eigenvalue weighted by Crippen LogP contribution is -2.39. The van der Waals surface area contributed by atoms with Crippen LogP contribution in [-0.4, -0.2) is 41.6 Å². The number of nitrogens with two attached hydrogens (primary N) is 1. The lowest BCUT2D eigenvalue weighted by atomic mass is 10.1. The first-order valence-electron chi connectivity index (χ1n) is 5.88. The van der Waals surface area contributed by atoms with Crippen molar-refractivity contribution in [3.8, 4) is 11.8 Å². The van der Waals surface area contributed by atoms with Crippen molar-refractivity contribution in [2.24, 2.45) is 5.73 Å². The molecule has 7 heteroatoms. The quantitative estimate of drug-likeness (QED) is 0.854. The number of rotatable bonds is 3. The van der Waals surface area contributed by atoms with E-state index in [1.165, 1.54) is 25.4 Å². The minimum atomic E-state index is -4.44. The lowest BCUT2D eigenvalue weighted by Gasteiger charge is -2.22. The molecule has 108 valence electrons. The molecule has 20 heavy (non-hydrogen) atoms. The average Bonchev–Trinajstić information content (AvgIpc) is 2.41. The molecule has 1 amide bonds. The van der Waals surface area contributed by atoms with Crippen LogP contribution in [0.1, 0.15) is 22.8 Å². The van der Waals surface area contributed by atoms with Crippen LogP contribution in [0.3, 0.4) is 0 Å². The van der Waals surface area contributed by atoms with Crippen molar-refractivity contribution >= 4 is 5.91 Å². The molecule has 4 nitrogen and oxygen atoms in total. The summed E-state index contributed by atoms with van der Waals surface area (Å²) >= 11 is 0. The molecule has 0 aliphatic carbocycles. The van der Waals surface area contributed by atoms with Gasteiger partial charge in [0.15, 0.2) is 0 Å². The molecule has 1 aromatic rings. The fraction of sp³-hybridized carbons (Fsp3) is 0.385. The third-order valence-electron chi connectivity index (χ3n) is 2.42. The number of alkyl halides is 3. The van der Waals surface area contributed by atoms with Gasteiger partial charge in [-0.25, -0.2) is 0 Å². The molecule has 0 unspecified atom stereocenters. The van der Waals surface area contributed by atoms with Gasteiger partial charge in [0.05, 0.1) is 17.7 Å². The minimum Gasteiger partial charge on any atom is -0.330 e. The van der Waals surface area contributed by atoms with Crippen molar-refractivity contribution in [2.75, 3.05) is 19.6 Å². The van der Waals surface area contributed by atoms with Crippen LogP contribution in [0.25, 0.3) is 0 Å². The van der Waals surface area contributed by atoms with E-state index in [4.69, 9.17) is 5.73 Å². The van der Waals surface area contributed by atoms with Gasteiger partial charge in [0.25, 0.3) is 5.91 Å². The largest absolute Gasteiger partial charge is 0.406 e. The third kappa shape index (κ3) is 4.55. The first-order chi connectivity index (χ1) is 9.39. The van der Waals surface area contributed by atoms with Gasteiger partial charge in [0.2, 0.25) is 0 Å². The number of amides is 1. The van der Waals surface area contributed by atoms with Crippen LogP contribution in [0.5, 0.6) is 0 Å². The van der Waals surface area contributed by atoms with E-state index in [9.17, 15) is 18.0 Å². The van der Waals surface area contributed by atoms with E-state index in [0.717, 1.165) is 0 Å². The summed E-state index contributed by atoms with van der Waals surface area (Å²) in [7, 11) is 0. The second-order valence-corrected chi connectivity index (χ2v) is 3.86. The van der Waals surface area contributed by atoms with Crippen LogP contribution in [0.4, 0.5) is 13.2 Å². The average molecular weight is 285 g/mol. The SMILES string of the molecule is CCN(CC(F)(F)F)C(=O)c1ccncc1C#CCN. The summed E-state index contributed by atoms with van der Waals surface area (Å²) in [4.78, 5) is 16.7. The Labute approximate surface area is 114 Å². The Hall–Kier alpha value is -2.07. The molecule has 2 N–H and O–H groups in total. The summed E-state index contributed by atoms with van der Waals surface area (Å²) in [6.07, 6.45) is -1.78. The zero-order valence-electron chi connectivity index (χ0n) is 10.9. The highest BCUT2D eigenvalue weighted by Gasteiger charge is 2.33. The highest BCUT2D eigenvalue weighted by molar-refractivity contribution is 5.96. The Morgan fingerprint density at radius 3 is 2.75 bits per heavy atom. The predicted molar refractivity (Wildman–Crippen MR) is 67.8 cm³/mol. The Morgan fingerprint density at radius 2 is 2.20 bits per heavy atom. The van der Waals surface area contributed by atoms with Gasteiger partial charge in [0, 0.05) is 18.9 Å². The standard InChI is InChI=1S/C13H14F3N3O/c1-2-19(9-13(14,15)16)12(20)11-5-7-18-8-10(11)4-3-6-17/h5,7-8H,2,6,9,17H2,1H3. The van der Waals surface area contributed by atoms with Gasteiger partial charge in [-0.3, -0.25) is 9.78 Å². The smallest absolute Gasteiger partial charge is 0.330 e. The normalized spacial score (nSPS) is 10.7. The van der Waals surface area contributed by atoms with Gasteiger partial charge in [-0.1, -0.05) is 11.8 Å². The van der Waals surface area contributed by atoms with Gasteiger partial charge in [-0.05, 0) is 13.0 Å². The maximum Gasteiger partial charge on any atom is 0.406 e. The van der Waals surface area contributed by atoms with Gasteiger partial charge in [0.1, 0.15) is 6.54 Å². The van der Waals surface area contributed by atoms with E-state index in [1.54, 1.807) is 0 Å². The number of pyridine rings is 1. The van der Waals surface area contributed by atoms with E-state index < -0.39 is 18.6 Å². The van der Waals surface area contributed by atoms with E-state index >= 15 is 0 Å². The van der Waals surface area contributed by atoms with Crippen LogP contribution >= 0.6 is 0 Å². The minimum absolute atomic E-state index is 0.0512.